The molecule has 3 rings (SSSR count). The summed E-state index contributed by atoms with van der Waals surface area (Å²) in [6, 6.07) is 14.2. The predicted octanol–water partition coefficient (Wildman–Crippen LogP) is 3.94. The Hall–Kier alpha value is -2.19. The van der Waals surface area contributed by atoms with Crippen molar-refractivity contribution in [1.82, 2.24) is 0 Å². The molecule has 0 unspecified atom stereocenters. The zero-order valence-electron chi connectivity index (χ0n) is 12.7. The maximum atomic E-state index is 12.1. The molecular weight excluding hydrogens is 382 g/mol. The normalized spacial score (nSPS) is 11.3. The molecule has 8 heteroatoms. The van der Waals surface area contributed by atoms with Gasteiger partial charge in [0.1, 0.15) is 10.6 Å². The number of primary sulfonamides is 1. The number of nitrogens with two attached hydrogens (primary N) is 1. The summed E-state index contributed by atoms with van der Waals surface area (Å²) in [5.74, 6) is -0.295. The molecule has 3 aromatic rings. The van der Waals surface area contributed by atoms with Gasteiger partial charge in [-0.1, -0.05) is 29.8 Å². The molecule has 0 saturated heterocycles. The van der Waals surface area contributed by atoms with Crippen LogP contribution in [-0.4, -0.2) is 14.4 Å². The quantitative estimate of drug-likeness (QED) is 0.537. The molecule has 0 aliphatic rings. The Morgan fingerprint density at radius 2 is 1.80 bits per heavy atom. The molecule has 1 aromatic heterocycles. The number of thiophene rings is 1. The summed E-state index contributed by atoms with van der Waals surface area (Å²) >= 11 is 7.13. The Morgan fingerprint density at radius 1 is 1.08 bits per heavy atom. The van der Waals surface area contributed by atoms with E-state index in [2.05, 4.69) is 0 Å². The van der Waals surface area contributed by atoms with E-state index < -0.39 is 16.0 Å². The van der Waals surface area contributed by atoms with Gasteiger partial charge in [-0.2, -0.15) is 0 Å². The van der Waals surface area contributed by atoms with Gasteiger partial charge < -0.3 is 4.74 Å². The fourth-order valence-electron chi connectivity index (χ4n) is 2.23. The molecule has 0 atom stereocenters. The third kappa shape index (κ3) is 4.08. The van der Waals surface area contributed by atoms with Gasteiger partial charge in [0.25, 0.3) is 0 Å². The monoisotopic (exact) mass is 393 g/mol. The summed E-state index contributed by atoms with van der Waals surface area (Å²) in [6.07, 6.45) is 0. The van der Waals surface area contributed by atoms with Crippen LogP contribution < -0.4 is 9.88 Å². The molecule has 0 fully saturated rings. The minimum absolute atomic E-state index is 0.0641. The Bertz CT molecular complexity index is 1010. The lowest BCUT2D eigenvalue weighted by molar-refractivity contribution is 0.0740. The van der Waals surface area contributed by atoms with Crippen molar-refractivity contribution in [3.63, 3.8) is 0 Å². The Labute approximate surface area is 153 Å². The van der Waals surface area contributed by atoms with Crippen LogP contribution in [0.25, 0.3) is 11.1 Å². The summed E-state index contributed by atoms with van der Waals surface area (Å²) in [4.78, 5) is 12.5. The molecule has 0 bridgehead atoms. The van der Waals surface area contributed by atoms with Crippen LogP contribution in [0.1, 0.15) is 9.67 Å². The molecule has 5 nitrogen and oxygen atoms in total. The summed E-state index contributed by atoms with van der Waals surface area (Å²) in [5.41, 5.74) is 0.915. The second-order valence-corrected chi connectivity index (χ2v) is 7.99. The van der Waals surface area contributed by atoms with E-state index in [1.54, 1.807) is 41.8 Å². The van der Waals surface area contributed by atoms with Crippen LogP contribution in [0.15, 0.2) is 64.9 Å². The Balaban J connectivity index is 2.04. The standard InChI is InChI=1S/C17H12ClNO4S2/c18-12-5-3-11(4-6-12)14-10-13(7-8-16(14)25(19,21)22)23-17(20)15-2-1-9-24-15/h1-10H,(H2,19,21,22). The lowest BCUT2D eigenvalue weighted by Gasteiger charge is -2.11. The summed E-state index contributed by atoms with van der Waals surface area (Å²) < 4.78 is 29.0. The molecular formula is C17H12ClNO4S2. The van der Waals surface area contributed by atoms with Gasteiger partial charge in [-0.25, -0.2) is 18.4 Å². The van der Waals surface area contributed by atoms with Gasteiger partial charge in [-0.15, -0.1) is 11.3 Å². The first-order valence-corrected chi connectivity index (χ1v) is 9.83. The van der Waals surface area contributed by atoms with Gasteiger partial charge in [0.15, 0.2) is 0 Å². The maximum Gasteiger partial charge on any atom is 0.353 e. The van der Waals surface area contributed by atoms with E-state index in [0.717, 1.165) is 0 Å². The van der Waals surface area contributed by atoms with Gasteiger partial charge in [0.05, 0.1) is 4.90 Å². The fourth-order valence-corrected chi connectivity index (χ4v) is 3.69. The van der Waals surface area contributed by atoms with Gasteiger partial charge in [-0.05, 0) is 47.3 Å². The first-order valence-electron chi connectivity index (χ1n) is 7.03. The largest absolute Gasteiger partial charge is 0.422 e. The number of rotatable bonds is 4. The first-order chi connectivity index (χ1) is 11.8. The van der Waals surface area contributed by atoms with E-state index in [4.69, 9.17) is 21.5 Å². The predicted molar refractivity (Wildman–Crippen MR) is 97.5 cm³/mol. The summed E-state index contributed by atoms with van der Waals surface area (Å²) in [7, 11) is -3.95. The Morgan fingerprint density at radius 3 is 2.40 bits per heavy atom. The van der Waals surface area contributed by atoms with Crippen LogP contribution in [0.3, 0.4) is 0 Å². The minimum atomic E-state index is -3.95. The SMILES string of the molecule is NS(=O)(=O)c1ccc(OC(=O)c2cccs2)cc1-c1ccc(Cl)cc1. The number of carbonyl (C=O) groups excluding carboxylic acids is 1. The van der Waals surface area contributed by atoms with Crippen molar-refractivity contribution >= 4 is 38.9 Å². The highest BCUT2D eigenvalue weighted by Crippen LogP contribution is 2.31. The second-order valence-electron chi connectivity index (χ2n) is 5.08. The van der Waals surface area contributed by atoms with Crippen molar-refractivity contribution in [3.05, 3.63) is 69.9 Å². The summed E-state index contributed by atoms with van der Waals surface area (Å²) in [5, 5.41) is 7.57. The highest BCUT2D eigenvalue weighted by Gasteiger charge is 2.18. The van der Waals surface area contributed by atoms with E-state index >= 15 is 0 Å². The average Bonchev–Trinajstić information content (AvgIpc) is 3.09. The summed E-state index contributed by atoms with van der Waals surface area (Å²) in [6.45, 7) is 0. The number of ether oxygens (including phenoxy) is 1. The van der Waals surface area contributed by atoms with Gasteiger partial charge in [0.2, 0.25) is 10.0 Å². The van der Waals surface area contributed by atoms with Crippen LogP contribution >= 0.6 is 22.9 Å². The van der Waals surface area contributed by atoms with E-state index in [-0.39, 0.29) is 10.6 Å². The molecule has 2 aromatic carbocycles. The number of halogens is 1. The van der Waals surface area contributed by atoms with Crippen molar-refractivity contribution in [2.75, 3.05) is 0 Å². The number of hydrogen-bond acceptors (Lipinski definition) is 5. The lowest BCUT2D eigenvalue weighted by atomic mass is 10.1. The zero-order chi connectivity index (χ0) is 18.0. The van der Waals surface area contributed by atoms with E-state index in [9.17, 15) is 13.2 Å². The van der Waals surface area contributed by atoms with Crippen molar-refractivity contribution in [3.8, 4) is 16.9 Å². The third-order valence-corrected chi connectivity index (χ3v) is 5.42. The van der Waals surface area contributed by atoms with Crippen LogP contribution in [0, 0.1) is 0 Å². The molecule has 128 valence electrons. The second kappa shape index (κ2) is 6.97. The van der Waals surface area contributed by atoms with Crippen LogP contribution in [0.2, 0.25) is 5.02 Å². The Kier molecular flexibility index (Phi) is 4.91. The van der Waals surface area contributed by atoms with Crippen LogP contribution in [-0.2, 0) is 10.0 Å². The van der Waals surface area contributed by atoms with Gasteiger partial charge in [-0.3, -0.25) is 0 Å². The van der Waals surface area contributed by atoms with Crippen LogP contribution in [0.4, 0.5) is 0 Å². The highest BCUT2D eigenvalue weighted by molar-refractivity contribution is 7.89. The van der Waals surface area contributed by atoms with Crippen LogP contribution in [0.5, 0.6) is 5.75 Å². The highest BCUT2D eigenvalue weighted by atomic mass is 35.5. The van der Waals surface area contributed by atoms with E-state index in [0.29, 0.717) is 21.0 Å². The average molecular weight is 394 g/mol. The number of benzene rings is 2. The number of hydrogen-bond donors (Lipinski definition) is 1. The molecule has 25 heavy (non-hydrogen) atoms. The molecule has 0 aliphatic heterocycles. The molecule has 0 aliphatic carbocycles. The molecule has 0 spiro atoms. The molecule has 0 saturated carbocycles. The fraction of sp³-hybridized carbons (Fsp3) is 0. The minimum Gasteiger partial charge on any atom is -0.422 e. The first kappa shape index (κ1) is 17.6. The topological polar surface area (TPSA) is 86.5 Å². The number of carbonyl (C=O) groups is 1. The van der Waals surface area contributed by atoms with Gasteiger partial charge in [0, 0.05) is 10.6 Å². The maximum absolute atomic E-state index is 12.1. The van der Waals surface area contributed by atoms with Crippen molar-refractivity contribution in [1.29, 1.82) is 0 Å². The molecule has 0 radical (unpaired) electrons. The third-order valence-electron chi connectivity index (χ3n) is 3.35. The lowest BCUT2D eigenvalue weighted by Crippen LogP contribution is -2.14. The van der Waals surface area contributed by atoms with E-state index in [1.165, 1.54) is 29.5 Å². The molecule has 1 heterocycles. The van der Waals surface area contributed by atoms with E-state index in [1.807, 2.05) is 0 Å². The molecule has 2 N–H and O–H groups in total. The number of esters is 1. The van der Waals surface area contributed by atoms with Crippen molar-refractivity contribution < 1.29 is 17.9 Å². The number of sulfonamides is 1. The molecule has 0 amide bonds. The van der Waals surface area contributed by atoms with Crippen molar-refractivity contribution in [2.24, 2.45) is 5.14 Å². The smallest absolute Gasteiger partial charge is 0.353 e. The zero-order valence-corrected chi connectivity index (χ0v) is 15.1. The van der Waals surface area contributed by atoms with Crippen molar-refractivity contribution in [2.45, 2.75) is 4.90 Å². The van der Waals surface area contributed by atoms with Gasteiger partial charge >= 0.3 is 5.97 Å².